The molecule has 0 radical (unpaired) electrons. The molecule has 0 spiro atoms. The number of hydrogen-bond donors (Lipinski definition) is 1. The standard InChI is InChI=1S/C9H14N2O2/c1-3-4-12-7-9-5-8(6-10-2)11-13-9/h3,5,10H,1,4,6-7H2,2H3. The van der Waals surface area contributed by atoms with Gasteiger partial charge in [0, 0.05) is 12.6 Å². The fraction of sp³-hybridized carbons (Fsp3) is 0.444. The molecule has 0 saturated carbocycles. The van der Waals surface area contributed by atoms with E-state index in [2.05, 4.69) is 17.1 Å². The van der Waals surface area contributed by atoms with Crippen molar-refractivity contribution in [2.24, 2.45) is 0 Å². The third kappa shape index (κ3) is 3.40. The van der Waals surface area contributed by atoms with Gasteiger partial charge in [-0.25, -0.2) is 0 Å². The van der Waals surface area contributed by atoms with Crippen molar-refractivity contribution in [3.05, 3.63) is 30.2 Å². The molecule has 72 valence electrons. The maximum absolute atomic E-state index is 5.19. The Hall–Kier alpha value is -1.13. The van der Waals surface area contributed by atoms with Crippen molar-refractivity contribution in [2.75, 3.05) is 13.7 Å². The highest BCUT2D eigenvalue weighted by molar-refractivity contribution is 5.03. The van der Waals surface area contributed by atoms with Gasteiger partial charge in [-0.2, -0.15) is 0 Å². The van der Waals surface area contributed by atoms with Crippen LogP contribution in [0.15, 0.2) is 23.2 Å². The monoisotopic (exact) mass is 182 g/mol. The summed E-state index contributed by atoms with van der Waals surface area (Å²) in [5, 5.41) is 6.83. The van der Waals surface area contributed by atoms with Gasteiger partial charge in [0.15, 0.2) is 5.76 Å². The van der Waals surface area contributed by atoms with Crippen LogP contribution in [0.2, 0.25) is 0 Å². The Morgan fingerprint density at radius 3 is 3.31 bits per heavy atom. The molecule has 0 aliphatic rings. The molecule has 0 saturated heterocycles. The second-order valence-electron chi connectivity index (χ2n) is 2.62. The fourth-order valence-electron chi connectivity index (χ4n) is 0.931. The van der Waals surface area contributed by atoms with Gasteiger partial charge in [-0.3, -0.25) is 0 Å². The Kier molecular flexibility index (Phi) is 4.21. The van der Waals surface area contributed by atoms with Crippen molar-refractivity contribution in [1.29, 1.82) is 0 Å². The van der Waals surface area contributed by atoms with Crippen LogP contribution in [-0.4, -0.2) is 18.8 Å². The number of nitrogens with zero attached hydrogens (tertiary/aromatic N) is 1. The zero-order chi connectivity index (χ0) is 9.52. The van der Waals surface area contributed by atoms with Crippen molar-refractivity contribution in [3.8, 4) is 0 Å². The third-order valence-corrected chi connectivity index (χ3v) is 1.45. The molecule has 4 heteroatoms. The van der Waals surface area contributed by atoms with Gasteiger partial charge in [0.1, 0.15) is 6.61 Å². The Morgan fingerprint density at radius 1 is 1.77 bits per heavy atom. The maximum Gasteiger partial charge on any atom is 0.162 e. The smallest absolute Gasteiger partial charge is 0.162 e. The zero-order valence-corrected chi connectivity index (χ0v) is 7.75. The van der Waals surface area contributed by atoms with Gasteiger partial charge < -0.3 is 14.6 Å². The van der Waals surface area contributed by atoms with E-state index in [9.17, 15) is 0 Å². The van der Waals surface area contributed by atoms with Gasteiger partial charge in [0.05, 0.1) is 12.3 Å². The van der Waals surface area contributed by atoms with Crippen LogP contribution in [0.3, 0.4) is 0 Å². The average molecular weight is 182 g/mol. The van der Waals surface area contributed by atoms with Crippen LogP contribution < -0.4 is 5.32 Å². The van der Waals surface area contributed by atoms with Gasteiger partial charge >= 0.3 is 0 Å². The van der Waals surface area contributed by atoms with E-state index in [1.807, 2.05) is 13.1 Å². The molecule has 0 aromatic carbocycles. The van der Waals surface area contributed by atoms with Crippen LogP contribution in [0.5, 0.6) is 0 Å². The quantitative estimate of drug-likeness (QED) is 0.528. The Morgan fingerprint density at radius 2 is 2.62 bits per heavy atom. The van der Waals surface area contributed by atoms with E-state index in [0.717, 1.165) is 11.5 Å². The predicted octanol–water partition coefficient (Wildman–Crippen LogP) is 1.10. The molecular weight excluding hydrogens is 168 g/mol. The molecule has 0 fully saturated rings. The third-order valence-electron chi connectivity index (χ3n) is 1.45. The van der Waals surface area contributed by atoms with Crippen LogP contribution in [0.1, 0.15) is 11.5 Å². The molecule has 1 N–H and O–H groups in total. The van der Waals surface area contributed by atoms with Gasteiger partial charge in [-0.05, 0) is 7.05 Å². The second kappa shape index (κ2) is 5.50. The molecule has 1 rings (SSSR count). The van der Waals surface area contributed by atoms with Crippen molar-refractivity contribution < 1.29 is 9.26 Å². The van der Waals surface area contributed by atoms with E-state index < -0.39 is 0 Å². The number of rotatable bonds is 6. The van der Waals surface area contributed by atoms with Crippen molar-refractivity contribution in [1.82, 2.24) is 10.5 Å². The van der Waals surface area contributed by atoms with E-state index >= 15 is 0 Å². The molecule has 1 aromatic heterocycles. The van der Waals surface area contributed by atoms with Crippen molar-refractivity contribution in [3.63, 3.8) is 0 Å². The number of nitrogens with one attached hydrogen (secondary N) is 1. The van der Waals surface area contributed by atoms with E-state index in [4.69, 9.17) is 9.26 Å². The normalized spacial score (nSPS) is 10.2. The minimum Gasteiger partial charge on any atom is -0.369 e. The SMILES string of the molecule is C=CCOCc1cc(CNC)no1. The molecule has 0 unspecified atom stereocenters. The lowest BCUT2D eigenvalue weighted by Gasteiger charge is -1.94. The lowest BCUT2D eigenvalue weighted by Crippen LogP contribution is -2.04. The van der Waals surface area contributed by atoms with Gasteiger partial charge in [0.2, 0.25) is 0 Å². The zero-order valence-electron chi connectivity index (χ0n) is 7.75. The Bertz CT molecular complexity index is 258. The predicted molar refractivity (Wildman–Crippen MR) is 49.1 cm³/mol. The minimum absolute atomic E-state index is 0.447. The molecule has 0 atom stereocenters. The molecule has 13 heavy (non-hydrogen) atoms. The van der Waals surface area contributed by atoms with Gasteiger partial charge in [0.25, 0.3) is 0 Å². The van der Waals surface area contributed by atoms with Gasteiger partial charge in [-0.15, -0.1) is 6.58 Å². The Balaban J connectivity index is 2.35. The van der Waals surface area contributed by atoms with E-state index in [0.29, 0.717) is 19.8 Å². The first kappa shape index (κ1) is 9.95. The largest absolute Gasteiger partial charge is 0.369 e. The summed E-state index contributed by atoms with van der Waals surface area (Å²) in [6.07, 6.45) is 1.70. The van der Waals surface area contributed by atoms with Crippen LogP contribution in [0.25, 0.3) is 0 Å². The highest BCUT2D eigenvalue weighted by Gasteiger charge is 2.02. The molecule has 1 aromatic rings. The van der Waals surface area contributed by atoms with E-state index in [1.54, 1.807) is 6.08 Å². The summed E-state index contributed by atoms with van der Waals surface area (Å²) in [7, 11) is 1.86. The summed E-state index contributed by atoms with van der Waals surface area (Å²) in [6.45, 7) is 5.24. The molecule has 4 nitrogen and oxygen atoms in total. The van der Waals surface area contributed by atoms with Crippen LogP contribution in [-0.2, 0) is 17.9 Å². The number of aromatic nitrogens is 1. The van der Waals surface area contributed by atoms with Crippen molar-refractivity contribution >= 4 is 0 Å². The first-order chi connectivity index (χ1) is 6.36. The first-order valence-corrected chi connectivity index (χ1v) is 4.14. The minimum atomic E-state index is 0.447. The van der Waals surface area contributed by atoms with Crippen LogP contribution >= 0.6 is 0 Å². The first-order valence-electron chi connectivity index (χ1n) is 4.14. The maximum atomic E-state index is 5.19. The summed E-state index contributed by atoms with van der Waals surface area (Å²) in [5.74, 6) is 0.743. The molecular formula is C9H14N2O2. The fourth-order valence-corrected chi connectivity index (χ4v) is 0.931. The highest BCUT2D eigenvalue weighted by Crippen LogP contribution is 2.04. The molecule has 0 amide bonds. The van der Waals surface area contributed by atoms with E-state index in [1.165, 1.54) is 0 Å². The summed E-state index contributed by atoms with van der Waals surface area (Å²) < 4.78 is 10.2. The van der Waals surface area contributed by atoms with E-state index in [-0.39, 0.29) is 0 Å². The number of ether oxygens (including phenoxy) is 1. The Labute approximate surface area is 77.6 Å². The summed E-state index contributed by atoms with van der Waals surface area (Å²) >= 11 is 0. The van der Waals surface area contributed by atoms with Gasteiger partial charge in [-0.1, -0.05) is 11.2 Å². The molecule has 0 aliphatic carbocycles. The number of hydrogen-bond acceptors (Lipinski definition) is 4. The van der Waals surface area contributed by atoms with Crippen molar-refractivity contribution in [2.45, 2.75) is 13.2 Å². The summed E-state index contributed by atoms with van der Waals surface area (Å²) in [6, 6.07) is 1.87. The molecule has 0 bridgehead atoms. The van der Waals surface area contributed by atoms with Crippen LogP contribution in [0, 0.1) is 0 Å². The second-order valence-corrected chi connectivity index (χ2v) is 2.62. The lowest BCUT2D eigenvalue weighted by molar-refractivity contribution is 0.125. The van der Waals surface area contributed by atoms with Crippen LogP contribution in [0.4, 0.5) is 0 Å². The molecule has 0 aliphatic heterocycles. The summed E-state index contributed by atoms with van der Waals surface area (Å²) in [4.78, 5) is 0. The average Bonchev–Trinajstić information content (AvgIpc) is 2.54. The summed E-state index contributed by atoms with van der Waals surface area (Å²) in [5.41, 5.74) is 0.889. The highest BCUT2D eigenvalue weighted by atomic mass is 16.5. The molecule has 1 heterocycles. The lowest BCUT2D eigenvalue weighted by atomic mass is 10.4. The topological polar surface area (TPSA) is 47.3 Å².